The minimum atomic E-state index is -0.217. The van der Waals surface area contributed by atoms with Gasteiger partial charge < -0.3 is 0 Å². The van der Waals surface area contributed by atoms with Gasteiger partial charge in [-0.1, -0.05) is 46.6 Å². The quantitative estimate of drug-likeness (QED) is 0.545. The van der Waals surface area contributed by atoms with Crippen LogP contribution in [0.1, 0.15) is 22.3 Å². The van der Waals surface area contributed by atoms with E-state index in [0.29, 0.717) is 22.9 Å². The fourth-order valence-corrected chi connectivity index (χ4v) is 3.17. The lowest BCUT2D eigenvalue weighted by atomic mass is 10.1. The van der Waals surface area contributed by atoms with Crippen LogP contribution in [-0.2, 0) is 6.54 Å². The van der Waals surface area contributed by atoms with Crippen LogP contribution >= 0.6 is 11.6 Å². The van der Waals surface area contributed by atoms with E-state index in [-0.39, 0.29) is 11.1 Å². The van der Waals surface area contributed by atoms with Crippen molar-refractivity contribution in [3.05, 3.63) is 80.4 Å². The summed E-state index contributed by atoms with van der Waals surface area (Å²) in [7, 11) is 0. The first-order valence-corrected chi connectivity index (χ1v) is 8.95. The Bertz CT molecular complexity index is 1220. The van der Waals surface area contributed by atoms with Crippen molar-refractivity contribution in [2.75, 3.05) is 0 Å². The van der Waals surface area contributed by atoms with Gasteiger partial charge in [0, 0.05) is 5.02 Å². The zero-order chi connectivity index (χ0) is 19.1. The van der Waals surface area contributed by atoms with E-state index < -0.39 is 0 Å². The molecule has 0 saturated carbocycles. The van der Waals surface area contributed by atoms with Crippen LogP contribution in [0.2, 0.25) is 5.02 Å². The first-order chi connectivity index (χ1) is 12.9. The number of benzene rings is 2. The van der Waals surface area contributed by atoms with E-state index in [1.165, 1.54) is 4.68 Å². The second-order valence-electron chi connectivity index (χ2n) is 6.71. The van der Waals surface area contributed by atoms with Crippen molar-refractivity contribution in [1.29, 1.82) is 0 Å². The molecule has 4 aromatic rings. The molecule has 4 rings (SSSR count). The lowest BCUT2D eigenvalue weighted by Gasteiger charge is -2.09. The van der Waals surface area contributed by atoms with Crippen LogP contribution in [0.5, 0.6) is 0 Å². The second-order valence-corrected chi connectivity index (χ2v) is 7.12. The van der Waals surface area contributed by atoms with Crippen LogP contribution in [0.15, 0.2) is 47.5 Å². The molecule has 7 heteroatoms. The Hall–Kier alpha value is -2.99. The Balaban J connectivity index is 1.79. The molecule has 0 aliphatic carbocycles. The molecule has 2 aromatic heterocycles. The molecule has 0 N–H and O–H groups in total. The predicted octanol–water partition coefficient (Wildman–Crippen LogP) is 3.60. The molecular weight excluding hydrogens is 362 g/mol. The van der Waals surface area contributed by atoms with Crippen LogP contribution in [0.25, 0.3) is 16.9 Å². The van der Waals surface area contributed by atoms with E-state index in [9.17, 15) is 4.79 Å². The molecule has 0 saturated heterocycles. The molecular formula is C20H18ClN5O. The summed E-state index contributed by atoms with van der Waals surface area (Å²) in [5, 5.41) is 8.80. The minimum Gasteiger partial charge on any atom is -0.293 e. The Morgan fingerprint density at radius 2 is 1.81 bits per heavy atom. The third-order valence-electron chi connectivity index (χ3n) is 4.67. The molecule has 136 valence electrons. The highest BCUT2D eigenvalue weighted by molar-refractivity contribution is 6.31. The van der Waals surface area contributed by atoms with Crippen molar-refractivity contribution in [2.24, 2.45) is 0 Å². The number of rotatable bonds is 3. The molecule has 0 aliphatic rings. The summed E-state index contributed by atoms with van der Waals surface area (Å²) in [6, 6.07) is 11.7. The van der Waals surface area contributed by atoms with Crippen LogP contribution in [-0.4, -0.2) is 24.5 Å². The molecule has 0 bridgehead atoms. The van der Waals surface area contributed by atoms with Gasteiger partial charge in [0.15, 0.2) is 11.2 Å². The molecule has 0 spiro atoms. The highest BCUT2D eigenvalue weighted by atomic mass is 35.5. The van der Waals surface area contributed by atoms with Gasteiger partial charge in [0.25, 0.3) is 5.56 Å². The van der Waals surface area contributed by atoms with E-state index in [4.69, 9.17) is 11.6 Å². The summed E-state index contributed by atoms with van der Waals surface area (Å²) in [6.45, 7) is 6.43. The monoisotopic (exact) mass is 379 g/mol. The van der Waals surface area contributed by atoms with E-state index in [1.807, 2.05) is 32.9 Å². The average molecular weight is 380 g/mol. The molecule has 2 heterocycles. The number of hydrogen-bond acceptors (Lipinski definition) is 4. The maximum Gasteiger partial charge on any atom is 0.283 e. The molecule has 0 fully saturated rings. The number of halogens is 1. The highest BCUT2D eigenvalue weighted by Crippen LogP contribution is 2.20. The summed E-state index contributed by atoms with van der Waals surface area (Å²) in [5.74, 6) is 0. The Morgan fingerprint density at radius 1 is 1.04 bits per heavy atom. The maximum atomic E-state index is 12.9. The molecule has 0 radical (unpaired) electrons. The fourth-order valence-electron chi connectivity index (χ4n) is 3.00. The lowest BCUT2D eigenvalue weighted by Crippen LogP contribution is -2.22. The van der Waals surface area contributed by atoms with E-state index in [1.54, 1.807) is 17.0 Å². The van der Waals surface area contributed by atoms with Gasteiger partial charge in [-0.3, -0.25) is 9.36 Å². The first-order valence-electron chi connectivity index (χ1n) is 8.57. The maximum absolute atomic E-state index is 12.9. The largest absolute Gasteiger partial charge is 0.293 e. The van der Waals surface area contributed by atoms with Crippen LogP contribution in [0.3, 0.4) is 0 Å². The standard InChI is InChI=1S/C20H18ClN5O/c1-12-4-5-13(2)15(8-12)10-25-11-22-19-18(20(25)27)23-24-26(19)16-7-6-14(3)17(21)9-16/h4-9,11H,10H2,1-3H3. The van der Waals surface area contributed by atoms with Gasteiger partial charge in [-0.05, 0) is 49.6 Å². The molecule has 0 atom stereocenters. The molecule has 27 heavy (non-hydrogen) atoms. The van der Waals surface area contributed by atoms with Crippen LogP contribution in [0.4, 0.5) is 0 Å². The topological polar surface area (TPSA) is 65.6 Å². The number of aromatic nitrogens is 5. The number of fused-ring (bicyclic) bond motifs is 1. The average Bonchev–Trinajstić information content (AvgIpc) is 3.07. The zero-order valence-corrected chi connectivity index (χ0v) is 16.0. The molecule has 2 aromatic carbocycles. The van der Waals surface area contributed by atoms with Crippen LogP contribution < -0.4 is 5.56 Å². The first kappa shape index (κ1) is 17.4. The fraction of sp³-hybridized carbons (Fsp3) is 0.200. The Kier molecular flexibility index (Phi) is 4.28. The third-order valence-corrected chi connectivity index (χ3v) is 5.08. The van der Waals surface area contributed by atoms with Gasteiger partial charge >= 0.3 is 0 Å². The normalized spacial score (nSPS) is 11.3. The SMILES string of the molecule is Cc1ccc(C)c(Cn2cnc3c(nnn3-c3ccc(C)c(Cl)c3)c2=O)c1. The van der Waals surface area contributed by atoms with Gasteiger partial charge in [0.2, 0.25) is 0 Å². The van der Waals surface area contributed by atoms with Crippen molar-refractivity contribution in [3.63, 3.8) is 0 Å². The van der Waals surface area contributed by atoms with Crippen LogP contribution in [0, 0.1) is 20.8 Å². The number of hydrogen-bond donors (Lipinski definition) is 0. The number of nitrogens with zero attached hydrogens (tertiary/aromatic N) is 5. The van der Waals surface area contributed by atoms with Crippen molar-refractivity contribution >= 4 is 22.8 Å². The predicted molar refractivity (Wildman–Crippen MR) is 106 cm³/mol. The molecule has 0 unspecified atom stereocenters. The smallest absolute Gasteiger partial charge is 0.283 e. The van der Waals surface area contributed by atoms with Gasteiger partial charge in [0.05, 0.1) is 12.2 Å². The van der Waals surface area contributed by atoms with Gasteiger partial charge in [-0.15, -0.1) is 5.10 Å². The Morgan fingerprint density at radius 3 is 2.59 bits per heavy atom. The highest BCUT2D eigenvalue weighted by Gasteiger charge is 2.14. The molecule has 0 aliphatic heterocycles. The summed E-state index contributed by atoms with van der Waals surface area (Å²) < 4.78 is 3.09. The van der Waals surface area contributed by atoms with Crippen molar-refractivity contribution in [1.82, 2.24) is 24.5 Å². The van der Waals surface area contributed by atoms with E-state index >= 15 is 0 Å². The van der Waals surface area contributed by atoms with Gasteiger partial charge in [-0.25, -0.2) is 4.98 Å². The van der Waals surface area contributed by atoms with E-state index in [2.05, 4.69) is 33.5 Å². The van der Waals surface area contributed by atoms with E-state index in [0.717, 1.165) is 22.3 Å². The van der Waals surface area contributed by atoms with Gasteiger partial charge in [-0.2, -0.15) is 4.68 Å². The summed E-state index contributed by atoms with van der Waals surface area (Å²) in [6.07, 6.45) is 1.54. The second kappa shape index (κ2) is 6.63. The lowest BCUT2D eigenvalue weighted by molar-refractivity contribution is 0.741. The van der Waals surface area contributed by atoms with Crippen molar-refractivity contribution in [2.45, 2.75) is 27.3 Å². The summed E-state index contributed by atoms with van der Waals surface area (Å²) in [4.78, 5) is 17.3. The zero-order valence-electron chi connectivity index (χ0n) is 15.3. The molecule has 0 amide bonds. The summed E-state index contributed by atoms with van der Waals surface area (Å²) >= 11 is 6.21. The van der Waals surface area contributed by atoms with Crippen molar-refractivity contribution < 1.29 is 0 Å². The number of aryl methyl sites for hydroxylation is 3. The summed E-state index contributed by atoms with van der Waals surface area (Å²) in [5.41, 5.74) is 5.48. The minimum absolute atomic E-state index is 0.217. The van der Waals surface area contributed by atoms with Gasteiger partial charge in [0.1, 0.15) is 6.33 Å². The third kappa shape index (κ3) is 3.13. The molecule has 6 nitrogen and oxygen atoms in total. The van der Waals surface area contributed by atoms with Crippen molar-refractivity contribution in [3.8, 4) is 5.69 Å². The Labute approximate surface area is 161 Å².